The monoisotopic (exact) mass is 139 g/mol. The summed E-state index contributed by atoms with van der Waals surface area (Å²) in [6.07, 6.45) is 1.63. The second kappa shape index (κ2) is 4.88. The Hall–Kier alpha value is -0.960. The molecule has 3 nitrogen and oxygen atoms in total. The van der Waals surface area contributed by atoms with E-state index >= 15 is 0 Å². The summed E-state index contributed by atoms with van der Waals surface area (Å²) in [4.78, 5) is 7.79. The van der Waals surface area contributed by atoms with Gasteiger partial charge in [0.05, 0.1) is 0 Å². The third-order valence-corrected chi connectivity index (χ3v) is 1.02. The van der Waals surface area contributed by atoms with Crippen LogP contribution < -0.4 is 5.73 Å². The lowest BCUT2D eigenvalue weighted by Gasteiger charge is -1.90. The minimum absolute atomic E-state index is 0.445. The molecule has 0 heterocycles. The second-order valence-corrected chi connectivity index (χ2v) is 1.89. The van der Waals surface area contributed by atoms with Gasteiger partial charge in [0.1, 0.15) is 5.84 Å². The van der Waals surface area contributed by atoms with Crippen LogP contribution in [0.4, 0.5) is 0 Å². The van der Waals surface area contributed by atoms with E-state index in [4.69, 9.17) is 5.73 Å². The van der Waals surface area contributed by atoms with Gasteiger partial charge >= 0.3 is 0 Å². The van der Waals surface area contributed by atoms with Gasteiger partial charge in [0.2, 0.25) is 0 Å². The van der Waals surface area contributed by atoms with Gasteiger partial charge in [0.25, 0.3) is 0 Å². The lowest BCUT2D eigenvalue weighted by molar-refractivity contribution is 1.22. The van der Waals surface area contributed by atoms with Crippen LogP contribution in [0.1, 0.15) is 6.92 Å². The van der Waals surface area contributed by atoms with E-state index < -0.39 is 0 Å². The summed E-state index contributed by atoms with van der Waals surface area (Å²) in [7, 11) is 1.69. The van der Waals surface area contributed by atoms with Crippen molar-refractivity contribution >= 4 is 12.1 Å². The third kappa shape index (κ3) is 3.97. The van der Waals surface area contributed by atoms with Crippen molar-refractivity contribution < 1.29 is 0 Å². The van der Waals surface area contributed by atoms with Crippen LogP contribution in [-0.2, 0) is 0 Å². The highest BCUT2D eigenvalue weighted by Crippen LogP contribution is 1.81. The number of nitrogens with zero attached hydrogens (tertiary/aromatic N) is 2. The SMILES string of the molecule is C=C(/C=N\C(C)=N/C)CN. The molecule has 0 aromatic carbocycles. The molecule has 0 aliphatic heterocycles. The zero-order valence-electron chi connectivity index (χ0n) is 6.46. The van der Waals surface area contributed by atoms with E-state index in [0.29, 0.717) is 6.54 Å². The summed E-state index contributed by atoms with van der Waals surface area (Å²) in [5.41, 5.74) is 6.08. The average Bonchev–Trinajstić information content (AvgIpc) is 1.99. The van der Waals surface area contributed by atoms with Crippen LogP contribution in [0.5, 0.6) is 0 Å². The van der Waals surface area contributed by atoms with E-state index in [0.717, 1.165) is 11.4 Å². The smallest absolute Gasteiger partial charge is 0.119 e. The first kappa shape index (κ1) is 9.04. The van der Waals surface area contributed by atoms with Crippen molar-refractivity contribution in [1.82, 2.24) is 0 Å². The summed E-state index contributed by atoms with van der Waals surface area (Å²) in [5.74, 6) is 0.731. The fourth-order valence-electron chi connectivity index (χ4n) is 0.295. The predicted molar refractivity (Wildman–Crippen MR) is 45.7 cm³/mol. The molecular weight excluding hydrogens is 126 g/mol. The molecule has 0 amide bonds. The van der Waals surface area contributed by atoms with Crippen molar-refractivity contribution in [3.8, 4) is 0 Å². The summed E-state index contributed by atoms with van der Waals surface area (Å²) in [5, 5.41) is 0. The molecule has 0 radical (unpaired) electrons. The number of hydrogen-bond acceptors (Lipinski definition) is 2. The van der Waals surface area contributed by atoms with E-state index in [2.05, 4.69) is 16.6 Å². The lowest BCUT2D eigenvalue weighted by atomic mass is 10.3. The maximum Gasteiger partial charge on any atom is 0.119 e. The summed E-state index contributed by atoms with van der Waals surface area (Å²) >= 11 is 0. The Balaban J connectivity index is 3.88. The molecule has 0 saturated heterocycles. The number of amidine groups is 1. The number of hydrogen-bond donors (Lipinski definition) is 1. The molecule has 0 spiro atoms. The zero-order chi connectivity index (χ0) is 7.98. The Bertz CT molecular complexity index is 168. The molecule has 0 saturated carbocycles. The molecule has 2 N–H and O–H groups in total. The zero-order valence-corrected chi connectivity index (χ0v) is 6.46. The molecule has 0 aromatic rings. The minimum Gasteiger partial charge on any atom is -0.326 e. The molecule has 10 heavy (non-hydrogen) atoms. The van der Waals surface area contributed by atoms with Gasteiger partial charge in [-0.1, -0.05) is 6.58 Å². The van der Waals surface area contributed by atoms with Crippen LogP contribution in [-0.4, -0.2) is 25.6 Å². The Labute approximate surface area is 61.4 Å². The summed E-state index contributed by atoms with van der Waals surface area (Å²) < 4.78 is 0. The summed E-state index contributed by atoms with van der Waals surface area (Å²) in [6.45, 7) is 5.91. The topological polar surface area (TPSA) is 50.7 Å². The Morgan fingerprint density at radius 2 is 2.30 bits per heavy atom. The van der Waals surface area contributed by atoms with Crippen LogP contribution >= 0.6 is 0 Å². The van der Waals surface area contributed by atoms with Gasteiger partial charge < -0.3 is 5.73 Å². The van der Waals surface area contributed by atoms with Crippen molar-refractivity contribution in [2.75, 3.05) is 13.6 Å². The van der Waals surface area contributed by atoms with Crippen molar-refractivity contribution in [3.63, 3.8) is 0 Å². The van der Waals surface area contributed by atoms with Gasteiger partial charge in [-0.3, -0.25) is 4.99 Å². The van der Waals surface area contributed by atoms with Crippen LogP contribution in [0.15, 0.2) is 22.1 Å². The Morgan fingerprint density at radius 3 is 2.70 bits per heavy atom. The maximum absolute atomic E-state index is 5.27. The lowest BCUT2D eigenvalue weighted by Crippen LogP contribution is -2.03. The first-order chi connectivity index (χ1) is 4.70. The van der Waals surface area contributed by atoms with Crippen molar-refractivity contribution in [3.05, 3.63) is 12.2 Å². The molecule has 0 atom stereocenters. The standard InChI is InChI=1S/C7H13N3/c1-6(4-8)5-10-7(2)9-3/h5H,1,4,8H2,2-3H3/b9-7-,10-5-. The molecule has 0 unspecified atom stereocenters. The molecule has 0 rings (SSSR count). The van der Waals surface area contributed by atoms with Gasteiger partial charge in [0.15, 0.2) is 0 Å². The van der Waals surface area contributed by atoms with Gasteiger partial charge in [-0.25, -0.2) is 4.99 Å². The van der Waals surface area contributed by atoms with E-state index in [1.807, 2.05) is 6.92 Å². The molecular formula is C7H13N3. The van der Waals surface area contributed by atoms with Gasteiger partial charge in [-0.2, -0.15) is 0 Å². The Kier molecular flexibility index (Phi) is 4.41. The molecule has 0 aromatic heterocycles. The van der Waals surface area contributed by atoms with Crippen LogP contribution in [0.25, 0.3) is 0 Å². The highest BCUT2D eigenvalue weighted by molar-refractivity contribution is 5.92. The highest BCUT2D eigenvalue weighted by atomic mass is 14.9. The first-order valence-electron chi connectivity index (χ1n) is 3.06. The number of nitrogens with two attached hydrogens (primary N) is 1. The third-order valence-electron chi connectivity index (χ3n) is 1.02. The molecule has 0 aliphatic rings. The van der Waals surface area contributed by atoms with Crippen molar-refractivity contribution in [2.45, 2.75) is 6.92 Å². The fourth-order valence-corrected chi connectivity index (χ4v) is 0.295. The van der Waals surface area contributed by atoms with E-state index in [1.165, 1.54) is 0 Å². The average molecular weight is 139 g/mol. The first-order valence-corrected chi connectivity index (χ1v) is 3.06. The van der Waals surface area contributed by atoms with Gasteiger partial charge in [0, 0.05) is 19.8 Å². The molecule has 0 bridgehead atoms. The normalized spacial score (nSPS) is 12.5. The highest BCUT2D eigenvalue weighted by Gasteiger charge is 1.83. The fraction of sp³-hybridized carbons (Fsp3) is 0.429. The van der Waals surface area contributed by atoms with E-state index in [1.54, 1.807) is 13.3 Å². The van der Waals surface area contributed by atoms with Crippen LogP contribution in [0.3, 0.4) is 0 Å². The summed E-state index contributed by atoms with van der Waals surface area (Å²) in [6, 6.07) is 0. The quantitative estimate of drug-likeness (QED) is 0.442. The van der Waals surface area contributed by atoms with Crippen molar-refractivity contribution in [2.24, 2.45) is 15.7 Å². The largest absolute Gasteiger partial charge is 0.326 e. The maximum atomic E-state index is 5.27. The van der Waals surface area contributed by atoms with Gasteiger partial charge in [-0.15, -0.1) is 0 Å². The predicted octanol–water partition coefficient (Wildman–Crippen LogP) is 0.620. The minimum atomic E-state index is 0.445. The van der Waals surface area contributed by atoms with Crippen LogP contribution in [0, 0.1) is 0 Å². The van der Waals surface area contributed by atoms with Crippen molar-refractivity contribution in [1.29, 1.82) is 0 Å². The second-order valence-electron chi connectivity index (χ2n) is 1.89. The van der Waals surface area contributed by atoms with E-state index in [-0.39, 0.29) is 0 Å². The molecule has 3 heteroatoms. The van der Waals surface area contributed by atoms with Gasteiger partial charge in [-0.05, 0) is 12.5 Å². The van der Waals surface area contributed by atoms with Crippen LogP contribution in [0.2, 0.25) is 0 Å². The van der Waals surface area contributed by atoms with E-state index in [9.17, 15) is 0 Å². The number of aliphatic imine (C=N–C) groups is 2. The Morgan fingerprint density at radius 1 is 1.70 bits per heavy atom. The molecule has 0 aliphatic carbocycles. The number of rotatable bonds is 2. The molecule has 0 fully saturated rings. The molecule has 56 valence electrons.